The molecule has 0 aliphatic rings. The zero-order valence-electron chi connectivity index (χ0n) is 26.7. The van der Waals surface area contributed by atoms with E-state index in [4.69, 9.17) is 4.74 Å². The second-order valence-electron chi connectivity index (χ2n) is 11.5. The van der Waals surface area contributed by atoms with E-state index in [1.807, 2.05) is 25.1 Å². The Kier molecular flexibility index (Phi) is 10.8. The lowest BCUT2D eigenvalue weighted by Gasteiger charge is -2.20. The van der Waals surface area contributed by atoms with Crippen LogP contribution >= 0.6 is 11.3 Å². The fourth-order valence-electron chi connectivity index (χ4n) is 5.17. The molecule has 0 fully saturated rings. The normalized spacial score (nSPS) is 11.4. The highest BCUT2D eigenvalue weighted by Crippen LogP contribution is 2.39. The lowest BCUT2D eigenvalue weighted by molar-refractivity contribution is -0.129. The summed E-state index contributed by atoms with van der Waals surface area (Å²) in [5.74, 6) is -0.998. The van der Waals surface area contributed by atoms with Crippen molar-refractivity contribution in [2.75, 3.05) is 12.8 Å². The lowest BCUT2D eigenvalue weighted by atomic mass is 10.0. The van der Waals surface area contributed by atoms with Crippen LogP contribution in [0.3, 0.4) is 0 Å². The first-order chi connectivity index (χ1) is 22.9. The number of carbonyl (C=O) groups excluding carboxylic acids is 3. The number of sulfone groups is 1. The fourth-order valence-corrected chi connectivity index (χ4v) is 6.90. The van der Waals surface area contributed by atoms with Crippen LogP contribution in [0.5, 0.6) is 11.5 Å². The van der Waals surface area contributed by atoms with Gasteiger partial charge in [-0.15, -0.1) is 11.3 Å². The average Bonchev–Trinajstić information content (AvgIpc) is 3.47. The molecule has 0 N–H and O–H groups in total. The van der Waals surface area contributed by atoms with Crippen molar-refractivity contribution in [1.82, 2.24) is 14.9 Å². The summed E-state index contributed by atoms with van der Waals surface area (Å²) in [5, 5.41) is 0. The summed E-state index contributed by atoms with van der Waals surface area (Å²) in [6.07, 6.45) is 4.71. The van der Waals surface area contributed by atoms with Gasteiger partial charge in [0.15, 0.2) is 21.4 Å². The number of carbonyl (C=O) groups is 3. The molecule has 0 bridgehead atoms. The van der Waals surface area contributed by atoms with Gasteiger partial charge in [-0.1, -0.05) is 31.2 Å². The fraction of sp³-hybridized carbons (Fsp3) is 0.250. The van der Waals surface area contributed by atoms with Gasteiger partial charge in [-0.2, -0.15) is 0 Å². The molecule has 0 unspecified atom stereocenters. The molecule has 0 aliphatic heterocycles. The number of rotatable bonds is 14. The minimum atomic E-state index is -3.42. The van der Waals surface area contributed by atoms with Crippen LogP contribution in [0.25, 0.3) is 20.8 Å². The van der Waals surface area contributed by atoms with Crippen molar-refractivity contribution in [1.29, 1.82) is 0 Å². The maximum absolute atomic E-state index is 15.2. The van der Waals surface area contributed by atoms with Crippen molar-refractivity contribution in [2.45, 2.75) is 51.0 Å². The predicted molar refractivity (Wildman–Crippen MR) is 182 cm³/mol. The van der Waals surface area contributed by atoms with Gasteiger partial charge in [-0.3, -0.25) is 24.4 Å². The van der Waals surface area contributed by atoms with E-state index in [0.717, 1.165) is 28.8 Å². The molecule has 3 heterocycles. The van der Waals surface area contributed by atoms with Crippen LogP contribution in [0.2, 0.25) is 0 Å². The van der Waals surface area contributed by atoms with Gasteiger partial charge in [-0.05, 0) is 59.5 Å². The Bertz CT molecular complexity index is 2090. The number of halogens is 1. The highest BCUT2D eigenvalue weighted by molar-refractivity contribution is 7.90. The van der Waals surface area contributed by atoms with Gasteiger partial charge in [0, 0.05) is 57.6 Å². The maximum atomic E-state index is 15.2. The molecule has 0 spiro atoms. The number of thiophene rings is 1. The molecule has 5 aromatic rings. The quantitative estimate of drug-likeness (QED) is 0.117. The Morgan fingerprint density at radius 3 is 2.27 bits per heavy atom. The molecule has 5 rings (SSSR count). The van der Waals surface area contributed by atoms with E-state index >= 15 is 4.39 Å². The monoisotopic (exact) mass is 687 g/mol. The summed E-state index contributed by atoms with van der Waals surface area (Å²) >= 11 is 1.41. The number of ketones is 2. The zero-order valence-corrected chi connectivity index (χ0v) is 28.4. The molecule has 12 heteroatoms. The van der Waals surface area contributed by atoms with Crippen LogP contribution in [0.15, 0.2) is 84.0 Å². The maximum Gasteiger partial charge on any atom is 0.219 e. The molecule has 2 aromatic carbocycles. The molecule has 3 aromatic heterocycles. The van der Waals surface area contributed by atoms with Gasteiger partial charge in [-0.25, -0.2) is 12.8 Å². The molecule has 0 aliphatic carbocycles. The zero-order chi connectivity index (χ0) is 34.4. The van der Waals surface area contributed by atoms with Crippen LogP contribution in [-0.4, -0.2) is 53.6 Å². The second-order valence-corrected chi connectivity index (χ2v) is 14.6. The van der Waals surface area contributed by atoms with Crippen LogP contribution in [0, 0.1) is 5.82 Å². The van der Waals surface area contributed by atoms with Gasteiger partial charge in [0.05, 0.1) is 32.1 Å². The Hall–Kier alpha value is -4.81. The molecular weight excluding hydrogens is 654 g/mol. The third-order valence-corrected chi connectivity index (χ3v) is 9.78. The van der Waals surface area contributed by atoms with Crippen molar-refractivity contribution in [3.63, 3.8) is 0 Å². The molecule has 0 atom stereocenters. The van der Waals surface area contributed by atoms with Gasteiger partial charge in [0.25, 0.3) is 0 Å². The van der Waals surface area contributed by atoms with Crippen LogP contribution in [0.1, 0.15) is 43.4 Å². The smallest absolute Gasteiger partial charge is 0.219 e. The first kappa shape index (κ1) is 34.5. The van der Waals surface area contributed by atoms with E-state index in [9.17, 15) is 22.8 Å². The topological polar surface area (TPSA) is 124 Å². The average molecular weight is 688 g/mol. The number of amides is 1. The van der Waals surface area contributed by atoms with Crippen molar-refractivity contribution >= 4 is 48.9 Å². The molecule has 9 nitrogen and oxygen atoms in total. The van der Waals surface area contributed by atoms with Gasteiger partial charge < -0.3 is 9.64 Å². The number of pyridine rings is 2. The molecule has 48 heavy (non-hydrogen) atoms. The number of nitrogens with zero attached hydrogens (tertiary/aromatic N) is 3. The standard InChI is InChI=1S/C36H34FN3O6S2/c1-4-14-40(23(2)41)22-26-8-10-31(39-21-26)35-20-32-36(47-35)34(12-13-38-32)46-33-11-9-25(18-30(33)37)16-28(43)19-27(42)15-24-6-5-7-29(17-24)48(3,44)45/h5-13,17-18,20-21H,4,14-16,19,22H2,1-3H3. The Morgan fingerprint density at radius 1 is 0.896 bits per heavy atom. The minimum Gasteiger partial charge on any atom is -0.453 e. The summed E-state index contributed by atoms with van der Waals surface area (Å²) in [6.45, 7) is 4.75. The summed E-state index contributed by atoms with van der Waals surface area (Å²) < 4.78 is 45.4. The highest BCUT2D eigenvalue weighted by atomic mass is 32.2. The second kappa shape index (κ2) is 15.0. The van der Waals surface area contributed by atoms with Crippen LogP contribution < -0.4 is 4.74 Å². The minimum absolute atomic E-state index is 0.0176. The number of benzene rings is 2. The number of aromatic nitrogens is 2. The first-order valence-corrected chi connectivity index (χ1v) is 18.0. The Balaban J connectivity index is 1.23. The van der Waals surface area contributed by atoms with Gasteiger partial charge in [0.2, 0.25) is 5.91 Å². The highest BCUT2D eigenvalue weighted by Gasteiger charge is 2.17. The largest absolute Gasteiger partial charge is 0.453 e. The number of hydrogen-bond donors (Lipinski definition) is 0. The molecule has 248 valence electrons. The molecular formula is C36H34FN3O6S2. The third kappa shape index (κ3) is 8.75. The summed E-state index contributed by atoms with van der Waals surface area (Å²) in [5.41, 5.74) is 3.22. The van der Waals surface area contributed by atoms with Crippen molar-refractivity contribution in [2.24, 2.45) is 0 Å². The summed E-state index contributed by atoms with van der Waals surface area (Å²) in [7, 11) is -3.42. The number of Topliss-reactive ketones (excluding diaryl/α,β-unsaturated/α-hetero) is 2. The van der Waals surface area contributed by atoms with Crippen LogP contribution in [0.4, 0.5) is 4.39 Å². The predicted octanol–water partition coefficient (Wildman–Crippen LogP) is 6.77. The van der Waals surface area contributed by atoms with E-state index in [-0.39, 0.29) is 47.4 Å². The van der Waals surface area contributed by atoms with E-state index in [2.05, 4.69) is 9.97 Å². The van der Waals surface area contributed by atoms with Crippen LogP contribution in [-0.2, 0) is 43.6 Å². The van der Waals surface area contributed by atoms with E-state index in [0.29, 0.717) is 40.2 Å². The van der Waals surface area contributed by atoms with Crippen molar-refractivity contribution < 1.29 is 31.9 Å². The molecule has 0 saturated carbocycles. The van der Waals surface area contributed by atoms with Crippen molar-refractivity contribution in [3.8, 4) is 22.1 Å². The summed E-state index contributed by atoms with van der Waals surface area (Å²) in [4.78, 5) is 48.8. The van der Waals surface area contributed by atoms with Gasteiger partial charge in [0.1, 0.15) is 17.3 Å². The molecule has 1 amide bonds. The number of hydrogen-bond acceptors (Lipinski definition) is 9. The lowest BCUT2D eigenvalue weighted by Crippen LogP contribution is -2.28. The van der Waals surface area contributed by atoms with E-state index in [1.165, 1.54) is 35.6 Å². The van der Waals surface area contributed by atoms with E-state index < -0.39 is 15.7 Å². The van der Waals surface area contributed by atoms with E-state index in [1.54, 1.807) is 48.5 Å². The Labute approximate surface area is 282 Å². The number of ether oxygens (including phenoxy) is 1. The summed E-state index contributed by atoms with van der Waals surface area (Å²) in [6, 6.07) is 17.7. The molecule has 0 radical (unpaired) electrons. The molecule has 0 saturated heterocycles. The number of fused-ring (bicyclic) bond motifs is 1. The third-order valence-electron chi connectivity index (χ3n) is 7.50. The SMILES string of the molecule is CCCN(Cc1ccc(-c2cc3nccc(Oc4ccc(CC(=O)CC(=O)Cc5cccc(S(C)(=O)=O)c5)cc4F)c3s2)nc1)C(C)=O. The first-order valence-electron chi connectivity index (χ1n) is 15.3. The Morgan fingerprint density at radius 2 is 1.62 bits per heavy atom. The van der Waals surface area contributed by atoms with Gasteiger partial charge >= 0.3 is 0 Å². The van der Waals surface area contributed by atoms with Crippen molar-refractivity contribution in [3.05, 3.63) is 102 Å².